The van der Waals surface area contributed by atoms with Crippen molar-refractivity contribution < 1.29 is 4.79 Å². The Balaban J connectivity index is 2.44. The van der Waals surface area contributed by atoms with Crippen LogP contribution in [0.2, 0.25) is 0 Å². The molecule has 0 spiro atoms. The minimum atomic E-state index is -0.305. The van der Waals surface area contributed by atoms with E-state index in [2.05, 4.69) is 12.2 Å². The second-order valence-corrected chi connectivity index (χ2v) is 5.30. The lowest BCUT2D eigenvalue weighted by molar-refractivity contribution is -0.124. The zero-order valence-corrected chi connectivity index (χ0v) is 9.48. The average Bonchev–Trinajstić information content (AvgIpc) is 2.65. The van der Waals surface area contributed by atoms with Crippen molar-refractivity contribution in [1.29, 1.82) is 0 Å². The van der Waals surface area contributed by atoms with E-state index in [0.717, 1.165) is 6.42 Å². The molecule has 0 saturated heterocycles. The minimum absolute atomic E-state index is 0.0505. The van der Waals surface area contributed by atoms with Gasteiger partial charge in [-0.1, -0.05) is 6.92 Å². The van der Waals surface area contributed by atoms with E-state index in [-0.39, 0.29) is 22.7 Å². The van der Waals surface area contributed by atoms with Crippen LogP contribution in [0.5, 0.6) is 0 Å². The van der Waals surface area contributed by atoms with Crippen molar-refractivity contribution in [2.75, 3.05) is 0 Å². The Hall–Kier alpha value is -0.240. The van der Waals surface area contributed by atoms with E-state index in [0.29, 0.717) is 5.92 Å². The van der Waals surface area contributed by atoms with E-state index in [9.17, 15) is 4.79 Å². The molecule has 1 amide bonds. The average molecular weight is 204 g/mol. The molecular formula is C10H18ClNO. The van der Waals surface area contributed by atoms with E-state index in [1.165, 1.54) is 0 Å². The van der Waals surface area contributed by atoms with Crippen LogP contribution in [0.3, 0.4) is 0 Å². The van der Waals surface area contributed by atoms with Gasteiger partial charge in [0.2, 0.25) is 5.91 Å². The number of carbonyl (C=O) groups excluding carboxylic acids is 1. The summed E-state index contributed by atoms with van der Waals surface area (Å²) in [5.41, 5.74) is -0.305. The van der Waals surface area contributed by atoms with E-state index in [1.54, 1.807) is 0 Å². The predicted octanol–water partition coefficient (Wildman–Crippen LogP) is 2.16. The van der Waals surface area contributed by atoms with Gasteiger partial charge < -0.3 is 5.32 Å². The van der Waals surface area contributed by atoms with Crippen LogP contribution in [0.15, 0.2) is 0 Å². The van der Waals surface area contributed by atoms with Crippen LogP contribution in [0.1, 0.15) is 34.1 Å². The van der Waals surface area contributed by atoms with E-state index in [4.69, 9.17) is 11.6 Å². The first-order chi connectivity index (χ1) is 5.84. The van der Waals surface area contributed by atoms with Gasteiger partial charge in [-0.25, -0.2) is 0 Å². The number of rotatable bonds is 3. The summed E-state index contributed by atoms with van der Waals surface area (Å²) in [6, 6.07) is 0. The highest BCUT2D eigenvalue weighted by Gasteiger charge is 2.41. The topological polar surface area (TPSA) is 29.1 Å². The molecule has 0 aromatic rings. The molecule has 1 rings (SSSR count). The predicted molar refractivity (Wildman–Crippen MR) is 54.8 cm³/mol. The Morgan fingerprint density at radius 3 is 2.38 bits per heavy atom. The first-order valence-electron chi connectivity index (χ1n) is 4.80. The first-order valence-corrected chi connectivity index (χ1v) is 5.24. The van der Waals surface area contributed by atoms with E-state index >= 15 is 0 Å². The fourth-order valence-corrected chi connectivity index (χ4v) is 1.25. The summed E-state index contributed by atoms with van der Waals surface area (Å²) in [7, 11) is 0. The molecular weight excluding hydrogens is 186 g/mol. The normalized spacial score (nSPS) is 29.6. The third-order valence-corrected chi connectivity index (χ3v) is 3.43. The molecule has 3 heteroatoms. The molecule has 2 nitrogen and oxygen atoms in total. The number of hydrogen-bond donors (Lipinski definition) is 1. The maximum atomic E-state index is 11.6. The molecule has 0 radical (unpaired) electrons. The number of amides is 1. The molecule has 1 fully saturated rings. The van der Waals surface area contributed by atoms with Crippen LogP contribution >= 0.6 is 11.6 Å². The lowest BCUT2D eigenvalue weighted by Gasteiger charge is -2.29. The number of carbonyl (C=O) groups is 1. The van der Waals surface area contributed by atoms with Crippen molar-refractivity contribution in [3.05, 3.63) is 0 Å². The molecule has 1 saturated carbocycles. The first kappa shape index (κ1) is 10.8. The molecule has 0 bridgehead atoms. The maximum absolute atomic E-state index is 11.6. The maximum Gasteiger partial charge on any atom is 0.223 e. The van der Waals surface area contributed by atoms with Crippen LogP contribution in [0.25, 0.3) is 0 Å². The minimum Gasteiger partial charge on any atom is -0.350 e. The Bertz CT molecular complexity index is 213. The quantitative estimate of drug-likeness (QED) is 0.700. The van der Waals surface area contributed by atoms with Crippen molar-refractivity contribution in [3.8, 4) is 0 Å². The second kappa shape index (κ2) is 3.49. The Morgan fingerprint density at radius 1 is 1.62 bits per heavy atom. The standard InChI is InChI=1S/C10H18ClNO/c1-6-5-8(6)9(13)12-10(3,4)7(2)11/h6-8H,5H2,1-4H3,(H,12,13). The molecule has 13 heavy (non-hydrogen) atoms. The van der Waals surface area contributed by atoms with Crippen LogP contribution in [-0.4, -0.2) is 16.8 Å². The van der Waals surface area contributed by atoms with E-state index in [1.807, 2.05) is 20.8 Å². The van der Waals surface area contributed by atoms with E-state index < -0.39 is 0 Å². The molecule has 76 valence electrons. The molecule has 1 aliphatic carbocycles. The van der Waals surface area contributed by atoms with Crippen molar-refractivity contribution in [2.45, 2.75) is 45.0 Å². The SMILES string of the molecule is CC1CC1C(=O)NC(C)(C)C(C)Cl. The van der Waals surface area contributed by atoms with Crippen molar-refractivity contribution in [1.82, 2.24) is 5.32 Å². The highest BCUT2D eigenvalue weighted by molar-refractivity contribution is 6.21. The monoisotopic (exact) mass is 203 g/mol. The van der Waals surface area contributed by atoms with Gasteiger partial charge in [-0.15, -0.1) is 11.6 Å². The fourth-order valence-electron chi connectivity index (χ4n) is 1.20. The molecule has 3 unspecified atom stereocenters. The second-order valence-electron chi connectivity index (χ2n) is 4.65. The van der Waals surface area contributed by atoms with Crippen molar-refractivity contribution in [2.24, 2.45) is 11.8 Å². The molecule has 1 aliphatic rings. The van der Waals surface area contributed by atoms with Gasteiger partial charge in [0.1, 0.15) is 0 Å². The summed E-state index contributed by atoms with van der Waals surface area (Å²) in [4.78, 5) is 11.6. The third-order valence-electron chi connectivity index (χ3n) is 2.89. The van der Waals surface area contributed by atoms with Gasteiger partial charge in [0.25, 0.3) is 0 Å². The molecule has 0 aromatic carbocycles. The van der Waals surface area contributed by atoms with Crippen molar-refractivity contribution in [3.63, 3.8) is 0 Å². The summed E-state index contributed by atoms with van der Waals surface area (Å²) in [5, 5.41) is 2.93. The highest BCUT2D eigenvalue weighted by Crippen LogP contribution is 2.38. The molecule has 1 N–H and O–H groups in total. The number of alkyl halides is 1. The number of nitrogens with one attached hydrogen (secondary N) is 1. The third kappa shape index (κ3) is 2.60. The lowest BCUT2D eigenvalue weighted by atomic mass is 10.0. The Morgan fingerprint density at radius 2 is 2.08 bits per heavy atom. The lowest BCUT2D eigenvalue weighted by Crippen LogP contribution is -2.49. The Labute approximate surface area is 85.0 Å². The smallest absolute Gasteiger partial charge is 0.223 e. The summed E-state index contributed by atoms with van der Waals surface area (Å²) in [6.07, 6.45) is 1.03. The van der Waals surface area contributed by atoms with Crippen LogP contribution in [0, 0.1) is 11.8 Å². The summed E-state index contributed by atoms with van der Waals surface area (Å²) < 4.78 is 0. The van der Waals surface area contributed by atoms with Crippen LogP contribution < -0.4 is 5.32 Å². The van der Waals surface area contributed by atoms with Gasteiger partial charge in [-0.2, -0.15) is 0 Å². The van der Waals surface area contributed by atoms with Gasteiger partial charge in [0, 0.05) is 5.92 Å². The van der Waals surface area contributed by atoms with Gasteiger partial charge in [0.15, 0.2) is 0 Å². The van der Waals surface area contributed by atoms with Crippen LogP contribution in [0.4, 0.5) is 0 Å². The largest absolute Gasteiger partial charge is 0.350 e. The van der Waals surface area contributed by atoms with Gasteiger partial charge in [-0.05, 0) is 33.1 Å². The molecule has 0 aliphatic heterocycles. The van der Waals surface area contributed by atoms with Crippen molar-refractivity contribution >= 4 is 17.5 Å². The fraction of sp³-hybridized carbons (Fsp3) is 0.900. The molecule has 3 atom stereocenters. The summed E-state index contributed by atoms with van der Waals surface area (Å²) in [6.45, 7) is 7.91. The molecule has 0 heterocycles. The van der Waals surface area contributed by atoms with Gasteiger partial charge in [-0.3, -0.25) is 4.79 Å². The summed E-state index contributed by atoms with van der Waals surface area (Å²) >= 11 is 5.96. The highest BCUT2D eigenvalue weighted by atomic mass is 35.5. The zero-order chi connectivity index (χ0) is 10.2. The summed E-state index contributed by atoms with van der Waals surface area (Å²) in [5.74, 6) is 0.945. The zero-order valence-electron chi connectivity index (χ0n) is 8.73. The van der Waals surface area contributed by atoms with Gasteiger partial charge >= 0.3 is 0 Å². The number of hydrogen-bond acceptors (Lipinski definition) is 1. The van der Waals surface area contributed by atoms with Crippen LogP contribution in [-0.2, 0) is 4.79 Å². The molecule has 0 aromatic heterocycles. The number of halogens is 1. The van der Waals surface area contributed by atoms with Gasteiger partial charge in [0.05, 0.1) is 10.9 Å². The Kier molecular flexibility index (Phi) is 2.91.